The summed E-state index contributed by atoms with van der Waals surface area (Å²) in [5.74, 6) is 0.133. The second-order valence-electron chi connectivity index (χ2n) is 9.97. The van der Waals surface area contributed by atoms with Crippen molar-refractivity contribution in [2.75, 3.05) is 26.0 Å². The molecular weight excluding hydrogens is 454 g/mol. The van der Waals surface area contributed by atoms with Crippen LogP contribution < -0.4 is 5.32 Å². The van der Waals surface area contributed by atoms with E-state index in [-0.39, 0.29) is 18.9 Å². The number of hydrogen-bond acceptors (Lipinski definition) is 6. The lowest BCUT2D eigenvalue weighted by Gasteiger charge is -2.30. The highest BCUT2D eigenvalue weighted by Gasteiger charge is 2.34. The molecule has 0 saturated heterocycles. The van der Waals surface area contributed by atoms with Gasteiger partial charge in [0.05, 0.1) is 0 Å². The van der Waals surface area contributed by atoms with Crippen LogP contribution in [0.5, 0.6) is 0 Å². The first-order valence-corrected chi connectivity index (χ1v) is 12.1. The van der Waals surface area contributed by atoms with Crippen molar-refractivity contribution >= 4 is 17.9 Å². The van der Waals surface area contributed by atoms with Crippen molar-refractivity contribution in [1.29, 1.82) is 0 Å². The maximum absolute atomic E-state index is 13.2. The minimum absolute atomic E-state index is 0.0619. The Kier molecular flexibility index (Phi) is 7.29. The molecule has 0 aliphatic heterocycles. The van der Waals surface area contributed by atoms with Gasteiger partial charge in [-0.2, -0.15) is 0 Å². The molecule has 7 nitrogen and oxygen atoms in total. The van der Waals surface area contributed by atoms with E-state index in [4.69, 9.17) is 9.47 Å². The van der Waals surface area contributed by atoms with E-state index >= 15 is 0 Å². The molecule has 1 amide bonds. The summed E-state index contributed by atoms with van der Waals surface area (Å²) in [6.45, 7) is 5.60. The summed E-state index contributed by atoms with van der Waals surface area (Å²) < 4.78 is 11.5. The number of nitrogens with zero attached hydrogens (tertiary/aromatic N) is 2. The van der Waals surface area contributed by atoms with Crippen LogP contribution in [0.15, 0.2) is 66.9 Å². The van der Waals surface area contributed by atoms with Gasteiger partial charge in [-0.25, -0.2) is 14.6 Å². The van der Waals surface area contributed by atoms with Gasteiger partial charge in [-0.1, -0.05) is 48.5 Å². The van der Waals surface area contributed by atoms with Crippen molar-refractivity contribution in [3.63, 3.8) is 0 Å². The van der Waals surface area contributed by atoms with Gasteiger partial charge in [0.1, 0.15) is 24.1 Å². The van der Waals surface area contributed by atoms with Crippen molar-refractivity contribution in [3.8, 4) is 11.1 Å². The molecular formula is C29H33N3O4. The minimum Gasteiger partial charge on any atom is -0.458 e. The number of anilines is 1. The number of carbonyl (C=O) groups is 2. The molecule has 1 unspecified atom stereocenters. The molecule has 4 rings (SSSR count). The van der Waals surface area contributed by atoms with E-state index in [0.717, 1.165) is 27.8 Å². The van der Waals surface area contributed by atoms with E-state index in [1.165, 1.54) is 4.90 Å². The van der Waals surface area contributed by atoms with E-state index in [9.17, 15) is 9.59 Å². The van der Waals surface area contributed by atoms with Gasteiger partial charge < -0.3 is 14.8 Å². The van der Waals surface area contributed by atoms with E-state index in [1.807, 2.05) is 36.4 Å². The Bertz CT molecular complexity index is 1210. The van der Waals surface area contributed by atoms with Gasteiger partial charge in [0.15, 0.2) is 0 Å². The fraction of sp³-hybridized carbons (Fsp3) is 0.345. The average molecular weight is 488 g/mol. The van der Waals surface area contributed by atoms with Crippen LogP contribution in [0.25, 0.3) is 11.1 Å². The quantitative estimate of drug-likeness (QED) is 0.458. The molecule has 1 N–H and O–H groups in total. The zero-order valence-corrected chi connectivity index (χ0v) is 21.4. The van der Waals surface area contributed by atoms with Crippen LogP contribution in [0.3, 0.4) is 0 Å². The number of amides is 1. The third-order valence-electron chi connectivity index (χ3n) is 6.28. The average Bonchev–Trinajstić information content (AvgIpc) is 3.18. The topological polar surface area (TPSA) is 80.8 Å². The van der Waals surface area contributed by atoms with Crippen molar-refractivity contribution < 1.29 is 19.1 Å². The monoisotopic (exact) mass is 487 g/mol. The molecule has 0 radical (unpaired) electrons. The number of fused-ring (bicyclic) bond motifs is 3. The first kappa shape index (κ1) is 25.2. The lowest BCUT2D eigenvalue weighted by molar-refractivity contribution is -0.160. The van der Waals surface area contributed by atoms with Crippen LogP contribution in [0.1, 0.15) is 43.4 Å². The first-order valence-electron chi connectivity index (χ1n) is 12.1. The normalized spacial score (nSPS) is 13.4. The highest BCUT2D eigenvalue weighted by Crippen LogP contribution is 2.44. The molecule has 0 fully saturated rings. The highest BCUT2D eigenvalue weighted by atomic mass is 16.6. The molecule has 1 aliphatic carbocycles. The molecule has 1 atom stereocenters. The number of likely N-dealkylation sites (N-methyl/N-ethyl adjacent to an activating group) is 1. The fourth-order valence-electron chi connectivity index (χ4n) is 4.53. The van der Waals surface area contributed by atoms with Crippen LogP contribution in [0, 0.1) is 0 Å². The predicted octanol–water partition coefficient (Wildman–Crippen LogP) is 5.26. The van der Waals surface area contributed by atoms with Crippen LogP contribution in [-0.4, -0.2) is 54.3 Å². The third-order valence-corrected chi connectivity index (χ3v) is 6.28. The minimum atomic E-state index is -0.855. The Morgan fingerprint density at radius 2 is 1.64 bits per heavy atom. The maximum atomic E-state index is 13.2. The summed E-state index contributed by atoms with van der Waals surface area (Å²) in [7, 11) is 3.36. The number of nitrogens with one attached hydrogen (secondary N) is 1. The number of carbonyl (C=O) groups excluding carboxylic acids is 2. The summed E-state index contributed by atoms with van der Waals surface area (Å²) in [5, 5.41) is 3.00. The van der Waals surface area contributed by atoms with Gasteiger partial charge in [-0.3, -0.25) is 4.90 Å². The summed E-state index contributed by atoms with van der Waals surface area (Å²) in [5.41, 5.74) is 4.75. The molecule has 0 spiro atoms. The zero-order valence-electron chi connectivity index (χ0n) is 21.4. The van der Waals surface area contributed by atoms with Gasteiger partial charge in [0.25, 0.3) is 0 Å². The predicted molar refractivity (Wildman–Crippen MR) is 140 cm³/mol. The summed E-state index contributed by atoms with van der Waals surface area (Å²) in [4.78, 5) is 31.9. The largest absolute Gasteiger partial charge is 0.458 e. The Morgan fingerprint density at radius 1 is 1.03 bits per heavy atom. The van der Waals surface area contributed by atoms with E-state index in [2.05, 4.69) is 34.6 Å². The second-order valence-corrected chi connectivity index (χ2v) is 9.97. The van der Waals surface area contributed by atoms with Gasteiger partial charge in [-0.15, -0.1) is 0 Å². The molecule has 1 aliphatic rings. The Balaban J connectivity index is 1.52. The number of benzene rings is 2. The summed E-state index contributed by atoms with van der Waals surface area (Å²) in [6, 6.07) is 19.2. The number of pyridine rings is 1. The molecule has 1 heterocycles. The molecule has 0 bridgehead atoms. The summed E-state index contributed by atoms with van der Waals surface area (Å²) in [6.07, 6.45) is 1.36. The number of rotatable bonds is 7. The van der Waals surface area contributed by atoms with Gasteiger partial charge in [0, 0.05) is 32.6 Å². The lowest BCUT2D eigenvalue weighted by Crippen LogP contribution is -2.47. The second kappa shape index (κ2) is 10.4. The van der Waals surface area contributed by atoms with Gasteiger partial charge >= 0.3 is 12.1 Å². The van der Waals surface area contributed by atoms with Crippen molar-refractivity contribution in [2.24, 2.45) is 0 Å². The van der Waals surface area contributed by atoms with E-state index < -0.39 is 23.7 Å². The SMILES string of the molecule is CNc1cc(CC(C(=O)OC(C)(C)C)N(C)C(=O)OCC2c3ccccc3-c3ccccc32)ccn1. The van der Waals surface area contributed by atoms with Crippen molar-refractivity contribution in [3.05, 3.63) is 83.6 Å². The number of aromatic nitrogens is 1. The summed E-state index contributed by atoms with van der Waals surface area (Å²) >= 11 is 0. The number of esters is 1. The molecule has 1 aromatic heterocycles. The third kappa shape index (κ3) is 5.51. The lowest BCUT2D eigenvalue weighted by atomic mass is 9.98. The Labute approximate surface area is 212 Å². The molecule has 7 heteroatoms. The number of ether oxygens (including phenoxy) is 2. The van der Waals surface area contributed by atoms with Gasteiger partial charge in [0.2, 0.25) is 0 Å². The van der Waals surface area contributed by atoms with E-state index in [0.29, 0.717) is 5.82 Å². The highest BCUT2D eigenvalue weighted by molar-refractivity contribution is 5.82. The van der Waals surface area contributed by atoms with Gasteiger partial charge in [-0.05, 0) is 60.7 Å². The molecule has 2 aromatic carbocycles. The molecule has 36 heavy (non-hydrogen) atoms. The van der Waals surface area contributed by atoms with E-state index in [1.54, 1.807) is 41.1 Å². The Hall–Kier alpha value is -3.87. The smallest absolute Gasteiger partial charge is 0.410 e. The fourth-order valence-corrected chi connectivity index (χ4v) is 4.53. The zero-order chi connectivity index (χ0) is 25.9. The maximum Gasteiger partial charge on any atom is 0.410 e. The van der Waals surface area contributed by atoms with Crippen LogP contribution in [0.2, 0.25) is 0 Å². The van der Waals surface area contributed by atoms with Crippen LogP contribution >= 0.6 is 0 Å². The van der Waals surface area contributed by atoms with Crippen molar-refractivity contribution in [1.82, 2.24) is 9.88 Å². The molecule has 188 valence electrons. The first-order chi connectivity index (χ1) is 17.2. The van der Waals surface area contributed by atoms with Crippen molar-refractivity contribution in [2.45, 2.75) is 44.8 Å². The molecule has 0 saturated carbocycles. The number of hydrogen-bond donors (Lipinski definition) is 1. The van der Waals surface area contributed by atoms with Crippen LogP contribution in [0.4, 0.5) is 10.6 Å². The Morgan fingerprint density at radius 3 is 2.22 bits per heavy atom. The van der Waals surface area contributed by atoms with Crippen LogP contribution in [-0.2, 0) is 20.7 Å². The standard InChI is InChI=1S/C29H33N3O4/c1-29(2,3)36-27(33)25(16-19-14-15-31-26(17-19)30-4)32(5)28(34)35-18-24-22-12-8-6-10-20(22)21-11-7-9-13-23(21)24/h6-15,17,24-25H,16,18H2,1-5H3,(H,30,31). The molecule has 3 aromatic rings.